The number of anilines is 3. The Kier molecular flexibility index (Phi) is 10.6. The van der Waals surface area contributed by atoms with Crippen LogP contribution in [0.2, 0.25) is 0 Å². The fourth-order valence-corrected chi connectivity index (χ4v) is 8.60. The predicted molar refractivity (Wildman–Crippen MR) is 201 cm³/mol. The average Bonchev–Trinajstić information content (AvgIpc) is 3.75. The maximum atomic E-state index is 14.9. The number of hydrogen-bond donors (Lipinski definition) is 2. The van der Waals surface area contributed by atoms with Gasteiger partial charge in [0.2, 0.25) is 0 Å². The summed E-state index contributed by atoms with van der Waals surface area (Å²) in [7, 11) is 2.12. The van der Waals surface area contributed by atoms with Crippen molar-refractivity contribution in [2.45, 2.75) is 45.6 Å². The van der Waals surface area contributed by atoms with E-state index in [4.69, 9.17) is 4.74 Å². The Morgan fingerprint density at radius 3 is 2.73 bits per heavy atom. The smallest absolute Gasteiger partial charge is 0.354 e. The molecule has 0 saturated carbocycles. The lowest BCUT2D eigenvalue weighted by molar-refractivity contribution is -0.134. The number of para-hydroxylation sites is 1. The zero-order chi connectivity index (χ0) is 35.5. The van der Waals surface area contributed by atoms with E-state index in [-0.39, 0.29) is 24.1 Å². The number of fused-ring (bicyclic) bond motifs is 2. The van der Waals surface area contributed by atoms with E-state index in [1.165, 1.54) is 17.8 Å². The first kappa shape index (κ1) is 35.0. The minimum Gasteiger partial charge on any atom is -0.491 e. The first-order chi connectivity index (χ1) is 24.7. The molecule has 0 spiro atoms. The number of piperazine rings is 1. The maximum Gasteiger partial charge on any atom is 0.354 e. The Hall–Kier alpha value is -4.42. The van der Waals surface area contributed by atoms with Crippen LogP contribution >= 0.6 is 23.1 Å². The largest absolute Gasteiger partial charge is 0.491 e. The summed E-state index contributed by atoms with van der Waals surface area (Å²) < 4.78 is 21.8. The Morgan fingerprint density at radius 2 is 1.94 bits per heavy atom. The Balaban J connectivity index is 0.973. The molecule has 51 heavy (non-hydrogen) atoms. The highest BCUT2D eigenvalue weighted by atomic mass is 32.2. The van der Waals surface area contributed by atoms with Gasteiger partial charge < -0.3 is 20.1 Å². The van der Waals surface area contributed by atoms with Gasteiger partial charge in [-0.1, -0.05) is 35.3 Å². The van der Waals surface area contributed by atoms with Crippen LogP contribution in [0.15, 0.2) is 53.1 Å². The van der Waals surface area contributed by atoms with E-state index in [0.29, 0.717) is 42.5 Å². The lowest BCUT2D eigenvalue weighted by atomic mass is 10.0. The number of carbonyl (C=O) groups is 1. The third kappa shape index (κ3) is 7.77. The van der Waals surface area contributed by atoms with Gasteiger partial charge in [-0.2, -0.15) is 0 Å². The minimum atomic E-state index is -0.994. The lowest BCUT2D eigenvalue weighted by Crippen LogP contribution is -2.47. The number of aromatic nitrogens is 3. The number of halogens is 1. The van der Waals surface area contributed by atoms with Crippen LogP contribution in [0.25, 0.3) is 10.2 Å². The van der Waals surface area contributed by atoms with Crippen LogP contribution in [-0.2, 0) is 11.2 Å². The molecule has 1 unspecified atom stereocenters. The molecule has 4 aromatic rings. The standard InChI is InChI=1S/C37H41FN8O3S2/c1-24(44-19-17-43(3)18-20-44)12-13-26-14-15-30(28(38)22-26)49-21-7-11-32-33(36(47)48)46(23-50-32)45-16-6-8-27-25(2)34(41-42-35(27)45)40-37-39-29-9-4-5-10-31(29)51-37/h4-5,9-10,14-15,22,24H,6-8,11,16-21,23H2,1-3H3,(H,47,48)(H,39,40,41). The Bertz CT molecular complexity index is 1990. The zero-order valence-corrected chi connectivity index (χ0v) is 30.6. The first-order valence-electron chi connectivity index (χ1n) is 17.2. The Labute approximate surface area is 305 Å². The van der Waals surface area contributed by atoms with Crippen molar-refractivity contribution in [3.05, 3.63) is 75.6 Å². The number of thiazole rings is 1. The van der Waals surface area contributed by atoms with Crippen LogP contribution in [0, 0.1) is 24.6 Å². The molecular weight excluding hydrogens is 688 g/mol. The molecule has 3 aliphatic rings. The SMILES string of the molecule is Cc1c(Nc2nc3ccccc3s2)nnc2c1CCCN2N1CSC(CCCOc2ccc(C#CC(C)N3CCN(C)CC3)cc2F)=C1C(=O)O. The van der Waals surface area contributed by atoms with Crippen molar-refractivity contribution in [2.75, 3.05) is 62.6 Å². The van der Waals surface area contributed by atoms with Gasteiger partial charge in [0, 0.05) is 54.3 Å². The van der Waals surface area contributed by atoms with Gasteiger partial charge in [-0.15, -0.1) is 22.0 Å². The summed E-state index contributed by atoms with van der Waals surface area (Å²) in [5.74, 6) is 6.85. The molecule has 2 N–H and O–H groups in total. The number of benzene rings is 2. The lowest BCUT2D eigenvalue weighted by Gasteiger charge is -2.38. The van der Waals surface area contributed by atoms with E-state index in [0.717, 1.165) is 70.4 Å². The number of thioether (sulfide) groups is 1. The maximum absolute atomic E-state index is 14.9. The number of ether oxygens (including phenoxy) is 1. The van der Waals surface area contributed by atoms with Crippen molar-refractivity contribution < 1.29 is 19.0 Å². The molecule has 1 saturated heterocycles. The number of nitrogens with one attached hydrogen (secondary N) is 1. The van der Waals surface area contributed by atoms with Crippen molar-refractivity contribution in [1.29, 1.82) is 0 Å². The van der Waals surface area contributed by atoms with Gasteiger partial charge in [-0.05, 0) is 76.9 Å². The van der Waals surface area contributed by atoms with Gasteiger partial charge >= 0.3 is 5.97 Å². The topological polar surface area (TPSA) is 110 Å². The molecule has 0 radical (unpaired) electrons. The summed E-state index contributed by atoms with van der Waals surface area (Å²) in [5, 5.41) is 27.3. The van der Waals surface area contributed by atoms with Gasteiger partial charge in [0.15, 0.2) is 34.0 Å². The van der Waals surface area contributed by atoms with Crippen LogP contribution < -0.4 is 15.1 Å². The highest BCUT2D eigenvalue weighted by molar-refractivity contribution is 8.03. The number of carboxylic acids is 1. The molecule has 11 nitrogen and oxygen atoms in total. The molecule has 2 aromatic heterocycles. The summed E-state index contributed by atoms with van der Waals surface area (Å²) in [4.78, 5) is 22.7. The number of hydrogen-bond acceptors (Lipinski definition) is 12. The fourth-order valence-electron chi connectivity index (χ4n) is 6.57. The van der Waals surface area contributed by atoms with E-state index in [1.807, 2.05) is 36.2 Å². The fraction of sp³-hybridized carbons (Fsp3) is 0.405. The van der Waals surface area contributed by atoms with Gasteiger partial charge in [0.1, 0.15) is 0 Å². The van der Waals surface area contributed by atoms with Crippen LogP contribution in [0.1, 0.15) is 42.9 Å². The molecule has 14 heteroatoms. The van der Waals surface area contributed by atoms with Crippen LogP contribution in [0.3, 0.4) is 0 Å². The molecule has 266 valence electrons. The second-order valence-electron chi connectivity index (χ2n) is 12.9. The molecule has 5 heterocycles. The monoisotopic (exact) mass is 728 g/mol. The van der Waals surface area contributed by atoms with Gasteiger partial charge in [-0.3, -0.25) is 14.9 Å². The van der Waals surface area contributed by atoms with Crippen LogP contribution in [-0.4, -0.2) is 99.4 Å². The van der Waals surface area contributed by atoms with Crippen molar-refractivity contribution in [3.8, 4) is 17.6 Å². The van der Waals surface area contributed by atoms with Crippen molar-refractivity contribution in [1.82, 2.24) is 30.0 Å². The second-order valence-corrected chi connectivity index (χ2v) is 15.0. The molecule has 0 aliphatic carbocycles. The van der Waals surface area contributed by atoms with E-state index in [1.54, 1.807) is 28.5 Å². The molecule has 1 fully saturated rings. The molecule has 1 atom stereocenters. The van der Waals surface area contributed by atoms with E-state index >= 15 is 0 Å². The number of hydrazine groups is 1. The highest BCUT2D eigenvalue weighted by Gasteiger charge is 2.36. The molecule has 7 rings (SSSR count). The zero-order valence-electron chi connectivity index (χ0n) is 29.0. The first-order valence-corrected chi connectivity index (χ1v) is 19.0. The summed E-state index contributed by atoms with van der Waals surface area (Å²) in [6.07, 6.45) is 2.70. The van der Waals surface area contributed by atoms with Crippen LogP contribution in [0.4, 0.5) is 21.2 Å². The second kappa shape index (κ2) is 15.4. The third-order valence-electron chi connectivity index (χ3n) is 9.51. The summed E-state index contributed by atoms with van der Waals surface area (Å²) in [6.45, 7) is 8.97. The van der Waals surface area contributed by atoms with Crippen LogP contribution in [0.5, 0.6) is 5.75 Å². The van der Waals surface area contributed by atoms with Crippen molar-refractivity contribution in [3.63, 3.8) is 0 Å². The van der Waals surface area contributed by atoms with Gasteiger partial charge in [0.25, 0.3) is 0 Å². The van der Waals surface area contributed by atoms with Gasteiger partial charge in [0.05, 0.1) is 28.7 Å². The molecule has 3 aliphatic heterocycles. The number of likely N-dealkylation sites (N-methyl/N-ethyl adjacent to an activating group) is 1. The normalized spacial score (nSPS) is 17.3. The van der Waals surface area contributed by atoms with E-state index in [9.17, 15) is 14.3 Å². The predicted octanol–water partition coefficient (Wildman–Crippen LogP) is 6.09. The molecule has 0 bridgehead atoms. The van der Waals surface area contributed by atoms with Crippen molar-refractivity contribution in [2.24, 2.45) is 0 Å². The number of nitrogens with zero attached hydrogens (tertiary/aromatic N) is 7. The molecule has 0 amide bonds. The molecule has 2 aromatic carbocycles. The number of carboxylic acid groups (broad SMARTS) is 1. The quantitative estimate of drug-likeness (QED) is 0.146. The average molecular weight is 729 g/mol. The summed E-state index contributed by atoms with van der Waals surface area (Å²) in [5.41, 5.74) is 3.79. The number of aliphatic carboxylic acids is 1. The Morgan fingerprint density at radius 1 is 1.12 bits per heavy atom. The number of allylic oxidation sites excluding steroid dienone is 1. The van der Waals surface area contributed by atoms with Gasteiger partial charge in [-0.25, -0.2) is 14.2 Å². The summed E-state index contributed by atoms with van der Waals surface area (Å²) in [6, 6.07) is 12.9. The molecular formula is C37H41FN8O3S2. The minimum absolute atomic E-state index is 0.0970. The third-order valence-corrected chi connectivity index (χ3v) is 11.6. The highest BCUT2D eigenvalue weighted by Crippen LogP contribution is 2.41. The van der Waals surface area contributed by atoms with Crippen molar-refractivity contribution >= 4 is 56.1 Å². The van der Waals surface area contributed by atoms with E-state index < -0.39 is 11.8 Å². The number of rotatable bonds is 10. The summed E-state index contributed by atoms with van der Waals surface area (Å²) >= 11 is 3.06. The van der Waals surface area contributed by atoms with E-state index in [2.05, 4.69) is 56.1 Å².